The normalized spacial score (nSPS) is 23.1. The molecule has 0 spiro atoms. The lowest BCUT2D eigenvalue weighted by Crippen LogP contribution is -2.48. The third kappa shape index (κ3) is 2.18. The number of amidine groups is 1. The zero-order chi connectivity index (χ0) is 10.7. The summed E-state index contributed by atoms with van der Waals surface area (Å²) in [6.07, 6.45) is 1.40. The highest BCUT2D eigenvalue weighted by Gasteiger charge is 2.25. The molecule has 0 aromatic carbocycles. The van der Waals surface area contributed by atoms with Gasteiger partial charge in [-0.2, -0.15) is 0 Å². The van der Waals surface area contributed by atoms with Gasteiger partial charge in [-0.05, 0) is 0 Å². The first kappa shape index (κ1) is 10.2. The van der Waals surface area contributed by atoms with Gasteiger partial charge in [0.05, 0.1) is 13.2 Å². The monoisotopic (exact) mass is 228 g/mol. The average molecular weight is 228 g/mol. The molecule has 1 aromatic heterocycles. The molecule has 2 rings (SSSR count). The molecule has 1 aromatic rings. The van der Waals surface area contributed by atoms with Crippen LogP contribution in [0, 0.1) is 0 Å². The van der Waals surface area contributed by atoms with Gasteiger partial charge in [-0.3, -0.25) is 0 Å². The number of nitrogens with two attached hydrogens (primary N) is 1. The number of anilines is 1. The number of hydrogen-bond donors (Lipinski definition) is 2. The molecule has 6 nitrogen and oxygen atoms in total. The summed E-state index contributed by atoms with van der Waals surface area (Å²) in [5.41, 5.74) is 5.49. The van der Waals surface area contributed by atoms with Crippen LogP contribution in [0.5, 0.6) is 0 Å². The molecule has 1 fully saturated rings. The molecule has 0 aliphatic carbocycles. The van der Waals surface area contributed by atoms with Crippen LogP contribution in [0.1, 0.15) is 0 Å². The molecular weight excluding hydrogens is 216 g/mol. The Kier molecular flexibility index (Phi) is 3.02. The van der Waals surface area contributed by atoms with Crippen LogP contribution in [0.4, 0.5) is 5.13 Å². The van der Waals surface area contributed by atoms with E-state index < -0.39 is 0 Å². The van der Waals surface area contributed by atoms with Crippen LogP contribution in [0.2, 0.25) is 0 Å². The molecule has 82 valence electrons. The van der Waals surface area contributed by atoms with Crippen LogP contribution in [0.25, 0.3) is 0 Å². The van der Waals surface area contributed by atoms with Crippen LogP contribution in [-0.2, 0) is 4.74 Å². The van der Waals surface area contributed by atoms with Gasteiger partial charge in [-0.15, -0.1) is 11.3 Å². The SMILES string of the molecule is NC(=NO)C1CN(c2nccs2)CCO1. The second-order valence-corrected chi connectivity index (χ2v) is 4.02. The van der Waals surface area contributed by atoms with E-state index in [0.717, 1.165) is 11.7 Å². The van der Waals surface area contributed by atoms with Crippen molar-refractivity contribution in [2.45, 2.75) is 6.10 Å². The Morgan fingerprint density at radius 1 is 1.80 bits per heavy atom. The summed E-state index contributed by atoms with van der Waals surface area (Å²) in [4.78, 5) is 6.27. The molecule has 1 atom stereocenters. The van der Waals surface area contributed by atoms with Gasteiger partial charge in [0.2, 0.25) is 0 Å². The van der Waals surface area contributed by atoms with Gasteiger partial charge in [-0.1, -0.05) is 5.16 Å². The molecule has 1 aliphatic heterocycles. The van der Waals surface area contributed by atoms with Crippen molar-refractivity contribution < 1.29 is 9.94 Å². The fourth-order valence-electron chi connectivity index (χ4n) is 1.44. The first-order chi connectivity index (χ1) is 7.31. The molecule has 1 unspecified atom stereocenters. The van der Waals surface area contributed by atoms with Crippen molar-refractivity contribution in [2.24, 2.45) is 10.9 Å². The number of thiazole rings is 1. The fraction of sp³-hybridized carbons (Fsp3) is 0.500. The molecule has 3 N–H and O–H groups in total. The Bertz CT molecular complexity index is 340. The van der Waals surface area contributed by atoms with Gasteiger partial charge in [0.25, 0.3) is 0 Å². The second kappa shape index (κ2) is 4.45. The highest BCUT2D eigenvalue weighted by molar-refractivity contribution is 7.13. The predicted molar refractivity (Wildman–Crippen MR) is 57.5 cm³/mol. The minimum atomic E-state index is -0.354. The third-order valence-corrected chi connectivity index (χ3v) is 3.03. The number of morpholine rings is 1. The summed E-state index contributed by atoms with van der Waals surface area (Å²) in [5.74, 6) is 0.108. The number of aromatic nitrogens is 1. The molecule has 7 heteroatoms. The number of nitrogens with zero attached hydrogens (tertiary/aromatic N) is 3. The minimum absolute atomic E-state index is 0.108. The molecule has 0 bridgehead atoms. The smallest absolute Gasteiger partial charge is 0.185 e. The standard InChI is InChI=1S/C8H12N4O2S/c9-7(11-13)6-5-12(2-3-14-6)8-10-1-4-15-8/h1,4,6,13H,2-3,5H2,(H2,9,11). The lowest BCUT2D eigenvalue weighted by atomic mass is 10.2. The van der Waals surface area contributed by atoms with E-state index in [1.807, 2.05) is 5.38 Å². The zero-order valence-corrected chi connectivity index (χ0v) is 8.85. The third-order valence-electron chi connectivity index (χ3n) is 2.20. The van der Waals surface area contributed by atoms with Gasteiger partial charge in [0.1, 0.15) is 6.10 Å². The first-order valence-corrected chi connectivity index (χ1v) is 5.42. The number of oxime groups is 1. The zero-order valence-electron chi connectivity index (χ0n) is 8.04. The number of ether oxygens (including phenoxy) is 1. The van der Waals surface area contributed by atoms with E-state index in [1.54, 1.807) is 17.5 Å². The van der Waals surface area contributed by atoms with Crippen LogP contribution in [-0.4, -0.2) is 41.8 Å². The molecule has 0 saturated carbocycles. The van der Waals surface area contributed by atoms with Crippen molar-refractivity contribution in [1.29, 1.82) is 0 Å². The Hall–Kier alpha value is -1.34. The maximum Gasteiger partial charge on any atom is 0.185 e. The lowest BCUT2D eigenvalue weighted by Gasteiger charge is -2.31. The average Bonchev–Trinajstić information content (AvgIpc) is 2.82. The van der Waals surface area contributed by atoms with Gasteiger partial charge < -0.3 is 20.6 Å². The van der Waals surface area contributed by atoms with Gasteiger partial charge in [0, 0.05) is 18.1 Å². The van der Waals surface area contributed by atoms with E-state index in [4.69, 9.17) is 15.7 Å². The van der Waals surface area contributed by atoms with Gasteiger partial charge in [0.15, 0.2) is 11.0 Å². The Labute approximate surface area is 91.0 Å². The van der Waals surface area contributed by atoms with Crippen LogP contribution in [0.3, 0.4) is 0 Å². The van der Waals surface area contributed by atoms with Crippen molar-refractivity contribution in [1.82, 2.24) is 4.98 Å². The van der Waals surface area contributed by atoms with Crippen LogP contribution in [0.15, 0.2) is 16.7 Å². The molecule has 2 heterocycles. The first-order valence-electron chi connectivity index (χ1n) is 4.54. The second-order valence-electron chi connectivity index (χ2n) is 3.14. The van der Waals surface area contributed by atoms with Crippen molar-refractivity contribution in [2.75, 3.05) is 24.6 Å². The largest absolute Gasteiger partial charge is 0.409 e. The lowest BCUT2D eigenvalue weighted by molar-refractivity contribution is 0.0807. The van der Waals surface area contributed by atoms with Gasteiger partial charge in [-0.25, -0.2) is 4.98 Å². The number of hydrogen-bond acceptors (Lipinski definition) is 6. The van der Waals surface area contributed by atoms with E-state index in [-0.39, 0.29) is 11.9 Å². The summed E-state index contributed by atoms with van der Waals surface area (Å²) in [6.45, 7) is 1.91. The maximum absolute atomic E-state index is 8.56. The quantitative estimate of drug-likeness (QED) is 0.324. The van der Waals surface area contributed by atoms with Crippen molar-refractivity contribution in [3.63, 3.8) is 0 Å². The Morgan fingerprint density at radius 3 is 3.33 bits per heavy atom. The van der Waals surface area contributed by atoms with E-state index in [9.17, 15) is 0 Å². The van der Waals surface area contributed by atoms with Crippen LogP contribution >= 0.6 is 11.3 Å². The molecule has 1 saturated heterocycles. The number of rotatable bonds is 2. The minimum Gasteiger partial charge on any atom is -0.409 e. The highest BCUT2D eigenvalue weighted by atomic mass is 32.1. The summed E-state index contributed by atoms with van der Waals surface area (Å²) in [7, 11) is 0. The summed E-state index contributed by atoms with van der Waals surface area (Å²) < 4.78 is 5.38. The molecule has 0 amide bonds. The predicted octanol–water partition coefficient (Wildman–Crippen LogP) is 0.0947. The van der Waals surface area contributed by atoms with Crippen molar-refractivity contribution in [3.05, 3.63) is 11.6 Å². The highest BCUT2D eigenvalue weighted by Crippen LogP contribution is 2.19. The topological polar surface area (TPSA) is 84.0 Å². The summed E-state index contributed by atoms with van der Waals surface area (Å²) in [6, 6.07) is 0. The summed E-state index contributed by atoms with van der Waals surface area (Å²) >= 11 is 1.57. The van der Waals surface area contributed by atoms with Crippen molar-refractivity contribution in [3.8, 4) is 0 Å². The van der Waals surface area contributed by atoms with Crippen LogP contribution < -0.4 is 10.6 Å². The molecular formula is C8H12N4O2S. The van der Waals surface area contributed by atoms with E-state index in [0.29, 0.717) is 13.2 Å². The maximum atomic E-state index is 8.56. The van der Waals surface area contributed by atoms with Crippen molar-refractivity contribution >= 4 is 22.3 Å². The molecule has 1 aliphatic rings. The summed E-state index contributed by atoms with van der Waals surface area (Å²) in [5, 5.41) is 14.4. The molecule has 15 heavy (non-hydrogen) atoms. The molecule has 0 radical (unpaired) electrons. The Balaban J connectivity index is 2.05. The van der Waals surface area contributed by atoms with Gasteiger partial charge >= 0.3 is 0 Å². The van der Waals surface area contributed by atoms with E-state index in [1.165, 1.54) is 0 Å². The van der Waals surface area contributed by atoms with E-state index in [2.05, 4.69) is 15.0 Å². The van der Waals surface area contributed by atoms with E-state index >= 15 is 0 Å². The Morgan fingerprint density at radius 2 is 2.67 bits per heavy atom. The fourth-order valence-corrected chi connectivity index (χ4v) is 2.12.